The van der Waals surface area contributed by atoms with Crippen LogP contribution in [0.3, 0.4) is 0 Å². The molecule has 0 bridgehead atoms. The Labute approximate surface area is 109 Å². The van der Waals surface area contributed by atoms with Crippen LogP contribution in [0.4, 0.5) is 0 Å². The fourth-order valence-corrected chi connectivity index (χ4v) is 2.61. The fourth-order valence-electron chi connectivity index (χ4n) is 2.61. The van der Waals surface area contributed by atoms with Gasteiger partial charge in [0.1, 0.15) is 0 Å². The molecule has 0 amide bonds. The molecule has 1 fully saturated rings. The van der Waals surface area contributed by atoms with Crippen molar-refractivity contribution in [2.45, 2.75) is 57.4 Å². The Balaban J connectivity index is 1.89. The van der Waals surface area contributed by atoms with Crippen LogP contribution in [0.2, 0.25) is 0 Å². The van der Waals surface area contributed by atoms with Crippen LogP contribution in [-0.2, 0) is 13.2 Å². The lowest BCUT2D eigenvalue weighted by Crippen LogP contribution is -2.38. The number of hydrogen-bond donors (Lipinski definition) is 3. The van der Waals surface area contributed by atoms with Crippen molar-refractivity contribution in [2.24, 2.45) is 0 Å². The maximum atomic E-state index is 10.0. The second kappa shape index (κ2) is 6.88. The number of aliphatic hydroxyl groups excluding tert-OH is 2. The van der Waals surface area contributed by atoms with Crippen LogP contribution in [-0.4, -0.2) is 22.4 Å². The van der Waals surface area contributed by atoms with Crippen molar-refractivity contribution in [2.75, 3.05) is 0 Å². The van der Waals surface area contributed by atoms with Gasteiger partial charge < -0.3 is 15.5 Å². The van der Waals surface area contributed by atoms with Gasteiger partial charge >= 0.3 is 0 Å². The molecule has 1 aliphatic carbocycles. The Bertz CT molecular complexity index is 367. The summed E-state index contributed by atoms with van der Waals surface area (Å²) in [6.45, 7) is 0.843. The summed E-state index contributed by atoms with van der Waals surface area (Å²) in [5.74, 6) is 0. The summed E-state index contributed by atoms with van der Waals surface area (Å²) in [7, 11) is 0. The van der Waals surface area contributed by atoms with Gasteiger partial charge in [-0.15, -0.1) is 0 Å². The van der Waals surface area contributed by atoms with Gasteiger partial charge in [-0.3, -0.25) is 0 Å². The summed E-state index contributed by atoms with van der Waals surface area (Å²) in [6.07, 6.45) is 5.32. The van der Waals surface area contributed by atoms with E-state index in [-0.39, 0.29) is 18.8 Å². The van der Waals surface area contributed by atoms with E-state index >= 15 is 0 Å². The summed E-state index contributed by atoms with van der Waals surface area (Å²) in [5, 5.41) is 22.6. The van der Waals surface area contributed by atoms with Crippen molar-refractivity contribution in [1.82, 2.24) is 5.32 Å². The first kappa shape index (κ1) is 13.5. The van der Waals surface area contributed by atoms with Crippen LogP contribution in [0.5, 0.6) is 0 Å². The van der Waals surface area contributed by atoms with Gasteiger partial charge in [-0.05, 0) is 24.0 Å². The van der Waals surface area contributed by atoms with Gasteiger partial charge in [0.15, 0.2) is 0 Å². The number of aliphatic hydroxyl groups is 2. The largest absolute Gasteiger partial charge is 0.392 e. The molecule has 100 valence electrons. The van der Waals surface area contributed by atoms with Crippen LogP contribution < -0.4 is 5.32 Å². The lowest BCUT2D eigenvalue weighted by Gasteiger charge is -2.22. The second-order valence-electron chi connectivity index (χ2n) is 5.17. The number of hydrogen-bond acceptors (Lipinski definition) is 3. The van der Waals surface area contributed by atoms with Gasteiger partial charge in [0.05, 0.1) is 12.7 Å². The fraction of sp³-hybridized carbons (Fsp3) is 0.600. The highest BCUT2D eigenvalue weighted by Crippen LogP contribution is 2.18. The first-order valence-electron chi connectivity index (χ1n) is 6.89. The number of benzene rings is 1. The van der Waals surface area contributed by atoms with E-state index in [0.717, 1.165) is 36.9 Å². The smallest absolute Gasteiger partial charge is 0.0693 e. The molecular formula is C15H23NO2. The molecule has 0 spiro atoms. The zero-order chi connectivity index (χ0) is 12.8. The molecule has 1 aromatic carbocycles. The minimum atomic E-state index is -0.214. The summed E-state index contributed by atoms with van der Waals surface area (Å²) >= 11 is 0. The van der Waals surface area contributed by atoms with Crippen molar-refractivity contribution >= 4 is 0 Å². The first-order valence-corrected chi connectivity index (χ1v) is 6.89. The standard InChI is InChI=1S/C15H23NO2/c17-11-13-6-4-5-12(9-13)10-16-14-7-2-1-3-8-15(14)18/h4-6,9,14-18H,1-3,7-8,10-11H2. The summed E-state index contributed by atoms with van der Waals surface area (Å²) in [4.78, 5) is 0. The van der Waals surface area contributed by atoms with E-state index in [0.29, 0.717) is 0 Å². The molecule has 2 unspecified atom stereocenters. The highest BCUT2D eigenvalue weighted by molar-refractivity contribution is 5.22. The summed E-state index contributed by atoms with van der Waals surface area (Å²) in [5.41, 5.74) is 2.11. The van der Waals surface area contributed by atoms with Crippen molar-refractivity contribution in [3.63, 3.8) is 0 Å². The van der Waals surface area contributed by atoms with Crippen LogP contribution in [0.25, 0.3) is 0 Å². The maximum absolute atomic E-state index is 10.0. The molecule has 0 radical (unpaired) electrons. The van der Waals surface area contributed by atoms with Gasteiger partial charge in [0.25, 0.3) is 0 Å². The number of rotatable bonds is 4. The van der Waals surface area contributed by atoms with Crippen LogP contribution in [0.15, 0.2) is 24.3 Å². The third kappa shape index (κ3) is 3.80. The zero-order valence-electron chi connectivity index (χ0n) is 10.8. The molecule has 3 heteroatoms. The van der Waals surface area contributed by atoms with E-state index in [1.54, 1.807) is 0 Å². The van der Waals surface area contributed by atoms with E-state index < -0.39 is 0 Å². The van der Waals surface area contributed by atoms with Crippen molar-refractivity contribution in [1.29, 1.82) is 0 Å². The number of nitrogens with one attached hydrogen (secondary N) is 1. The molecule has 0 saturated heterocycles. The quantitative estimate of drug-likeness (QED) is 0.715. The van der Waals surface area contributed by atoms with E-state index in [1.165, 1.54) is 12.8 Å². The molecule has 1 aliphatic rings. The molecule has 3 nitrogen and oxygen atoms in total. The van der Waals surface area contributed by atoms with E-state index in [1.807, 2.05) is 18.2 Å². The summed E-state index contributed by atoms with van der Waals surface area (Å²) < 4.78 is 0. The molecule has 0 aliphatic heterocycles. The highest BCUT2D eigenvalue weighted by atomic mass is 16.3. The Morgan fingerprint density at radius 3 is 2.72 bits per heavy atom. The normalized spacial score (nSPS) is 24.8. The van der Waals surface area contributed by atoms with Gasteiger partial charge in [-0.1, -0.05) is 43.5 Å². The van der Waals surface area contributed by atoms with Crippen LogP contribution in [0.1, 0.15) is 43.2 Å². The van der Waals surface area contributed by atoms with Crippen LogP contribution in [0, 0.1) is 0 Å². The predicted molar refractivity (Wildman–Crippen MR) is 72.1 cm³/mol. The van der Waals surface area contributed by atoms with E-state index in [2.05, 4.69) is 11.4 Å². The van der Waals surface area contributed by atoms with Gasteiger partial charge in [0, 0.05) is 12.6 Å². The Morgan fingerprint density at radius 2 is 1.89 bits per heavy atom. The molecule has 18 heavy (non-hydrogen) atoms. The van der Waals surface area contributed by atoms with Crippen molar-refractivity contribution in [3.8, 4) is 0 Å². The zero-order valence-corrected chi connectivity index (χ0v) is 10.8. The Kier molecular flexibility index (Phi) is 5.17. The van der Waals surface area contributed by atoms with Crippen LogP contribution >= 0.6 is 0 Å². The maximum Gasteiger partial charge on any atom is 0.0693 e. The highest BCUT2D eigenvalue weighted by Gasteiger charge is 2.20. The molecule has 1 saturated carbocycles. The van der Waals surface area contributed by atoms with Crippen molar-refractivity contribution < 1.29 is 10.2 Å². The molecule has 0 heterocycles. The average Bonchev–Trinajstić information content (AvgIpc) is 2.61. The third-order valence-electron chi connectivity index (χ3n) is 3.72. The first-order chi connectivity index (χ1) is 8.79. The lowest BCUT2D eigenvalue weighted by atomic mass is 10.1. The van der Waals surface area contributed by atoms with E-state index in [4.69, 9.17) is 5.11 Å². The SMILES string of the molecule is OCc1cccc(CNC2CCCCCC2O)c1. The monoisotopic (exact) mass is 249 g/mol. The summed E-state index contributed by atoms with van der Waals surface area (Å²) in [6, 6.07) is 8.16. The Morgan fingerprint density at radius 1 is 1.11 bits per heavy atom. The second-order valence-corrected chi connectivity index (χ2v) is 5.17. The third-order valence-corrected chi connectivity index (χ3v) is 3.72. The minimum Gasteiger partial charge on any atom is -0.392 e. The lowest BCUT2D eigenvalue weighted by molar-refractivity contribution is 0.119. The van der Waals surface area contributed by atoms with Gasteiger partial charge in [-0.2, -0.15) is 0 Å². The Hall–Kier alpha value is -0.900. The molecule has 3 N–H and O–H groups in total. The van der Waals surface area contributed by atoms with Gasteiger partial charge in [0.2, 0.25) is 0 Å². The molecule has 0 aromatic heterocycles. The topological polar surface area (TPSA) is 52.5 Å². The molecular weight excluding hydrogens is 226 g/mol. The van der Waals surface area contributed by atoms with E-state index in [9.17, 15) is 5.11 Å². The average molecular weight is 249 g/mol. The minimum absolute atomic E-state index is 0.0832. The predicted octanol–water partition coefficient (Wildman–Crippen LogP) is 1.96. The molecule has 2 rings (SSSR count). The van der Waals surface area contributed by atoms with Gasteiger partial charge in [-0.25, -0.2) is 0 Å². The molecule has 2 atom stereocenters. The molecule has 1 aromatic rings. The van der Waals surface area contributed by atoms with Crippen molar-refractivity contribution in [3.05, 3.63) is 35.4 Å².